The van der Waals surface area contributed by atoms with Crippen molar-refractivity contribution < 1.29 is 9.59 Å². The molecule has 0 radical (unpaired) electrons. The molecule has 2 heterocycles. The van der Waals surface area contributed by atoms with Crippen molar-refractivity contribution in [3.8, 4) is 0 Å². The van der Waals surface area contributed by atoms with E-state index in [1.54, 1.807) is 35.1 Å². The van der Waals surface area contributed by atoms with E-state index >= 15 is 0 Å². The van der Waals surface area contributed by atoms with Crippen molar-refractivity contribution in [3.05, 3.63) is 71.9 Å². The number of rotatable bonds is 1. The number of carbonyl (C=O) groups excluding carboxylic acids is 2. The molecule has 1 aliphatic rings. The maximum atomic E-state index is 12.9. The molecule has 0 bridgehead atoms. The first kappa shape index (κ1) is 15.9. The smallest absolute Gasteiger partial charge is 0.329 e. The van der Waals surface area contributed by atoms with Crippen LogP contribution in [0.25, 0.3) is 0 Å². The molecule has 7 heteroatoms. The van der Waals surface area contributed by atoms with Crippen LogP contribution in [-0.4, -0.2) is 21.7 Å². The first-order valence-electron chi connectivity index (χ1n) is 8.18. The van der Waals surface area contributed by atoms with Crippen molar-refractivity contribution >= 4 is 29.1 Å². The Labute approximate surface area is 150 Å². The molecule has 1 aliphatic heterocycles. The summed E-state index contributed by atoms with van der Waals surface area (Å²) in [5.74, 6) is 0.388. The first-order valence-corrected chi connectivity index (χ1v) is 8.18. The molecule has 7 nitrogen and oxygen atoms in total. The van der Waals surface area contributed by atoms with Crippen molar-refractivity contribution in [2.45, 2.75) is 6.54 Å². The van der Waals surface area contributed by atoms with Crippen molar-refractivity contribution in [2.24, 2.45) is 7.05 Å². The molecule has 130 valence electrons. The van der Waals surface area contributed by atoms with Gasteiger partial charge in [0.1, 0.15) is 5.82 Å². The Morgan fingerprint density at radius 3 is 2.62 bits per heavy atom. The number of carbonyl (C=O) groups is 2. The van der Waals surface area contributed by atoms with E-state index in [0.29, 0.717) is 17.8 Å². The summed E-state index contributed by atoms with van der Waals surface area (Å²) in [4.78, 5) is 26.7. The van der Waals surface area contributed by atoms with Crippen LogP contribution in [0.5, 0.6) is 0 Å². The fraction of sp³-hybridized carbons (Fsp3) is 0.105. The SMILES string of the molecule is Cn1ncc2c1Nc1ccccc1N(C(=O)NC(=O)c1ccccc1)C2. The highest BCUT2D eigenvalue weighted by molar-refractivity contribution is 6.10. The number of amides is 3. The molecule has 0 atom stereocenters. The molecule has 2 aromatic carbocycles. The van der Waals surface area contributed by atoms with Gasteiger partial charge in [-0.3, -0.25) is 19.7 Å². The van der Waals surface area contributed by atoms with Crippen molar-refractivity contribution in [1.29, 1.82) is 0 Å². The molecule has 0 fully saturated rings. The summed E-state index contributed by atoms with van der Waals surface area (Å²) in [6.45, 7) is 0.307. The number of aromatic nitrogens is 2. The largest absolute Gasteiger partial charge is 0.338 e. The lowest BCUT2D eigenvalue weighted by Gasteiger charge is -2.22. The summed E-state index contributed by atoms with van der Waals surface area (Å²) in [5, 5.41) is 10.0. The van der Waals surface area contributed by atoms with Gasteiger partial charge in [0.2, 0.25) is 0 Å². The number of aryl methyl sites for hydroxylation is 1. The summed E-state index contributed by atoms with van der Waals surface area (Å²) < 4.78 is 1.72. The first-order chi connectivity index (χ1) is 12.6. The van der Waals surface area contributed by atoms with E-state index in [0.717, 1.165) is 17.1 Å². The zero-order chi connectivity index (χ0) is 18.1. The number of nitrogens with one attached hydrogen (secondary N) is 2. The lowest BCUT2D eigenvalue weighted by atomic mass is 10.2. The minimum Gasteiger partial charge on any atom is -0.338 e. The molecule has 0 unspecified atom stereocenters. The number of anilines is 3. The van der Waals surface area contributed by atoms with Crippen LogP contribution in [0, 0.1) is 0 Å². The van der Waals surface area contributed by atoms with E-state index in [1.807, 2.05) is 37.4 Å². The van der Waals surface area contributed by atoms with Crippen molar-refractivity contribution in [3.63, 3.8) is 0 Å². The maximum Gasteiger partial charge on any atom is 0.329 e. The van der Waals surface area contributed by atoms with Gasteiger partial charge in [0.15, 0.2) is 0 Å². The van der Waals surface area contributed by atoms with Gasteiger partial charge in [-0.1, -0.05) is 30.3 Å². The second-order valence-corrected chi connectivity index (χ2v) is 6.00. The molecular weight excluding hydrogens is 330 g/mol. The highest BCUT2D eigenvalue weighted by atomic mass is 16.2. The quantitative estimate of drug-likeness (QED) is 0.709. The minimum atomic E-state index is -0.482. The van der Waals surface area contributed by atoms with Gasteiger partial charge in [-0.2, -0.15) is 5.10 Å². The lowest BCUT2D eigenvalue weighted by molar-refractivity contribution is 0.0965. The molecule has 3 aromatic rings. The van der Waals surface area contributed by atoms with E-state index in [2.05, 4.69) is 15.7 Å². The van der Waals surface area contributed by atoms with Crippen LogP contribution in [0.3, 0.4) is 0 Å². The number of nitrogens with zero attached hydrogens (tertiary/aromatic N) is 3. The molecule has 3 amide bonds. The van der Waals surface area contributed by atoms with E-state index < -0.39 is 11.9 Å². The highest BCUT2D eigenvalue weighted by Crippen LogP contribution is 2.35. The molecule has 0 spiro atoms. The van der Waals surface area contributed by atoms with Crippen molar-refractivity contribution in [2.75, 3.05) is 10.2 Å². The van der Waals surface area contributed by atoms with Crippen LogP contribution in [0.1, 0.15) is 15.9 Å². The fourth-order valence-electron chi connectivity index (χ4n) is 2.97. The third kappa shape index (κ3) is 2.79. The second-order valence-electron chi connectivity index (χ2n) is 6.00. The highest BCUT2D eigenvalue weighted by Gasteiger charge is 2.26. The number of hydrogen-bond acceptors (Lipinski definition) is 4. The van der Waals surface area contributed by atoms with E-state index in [1.165, 1.54) is 4.90 Å². The zero-order valence-corrected chi connectivity index (χ0v) is 14.1. The Hall–Kier alpha value is -3.61. The standard InChI is InChI=1S/C19H17N5O2/c1-23-17-14(11-20-23)12-24(16-10-6-5-9-15(16)21-17)19(26)22-18(25)13-7-3-2-4-8-13/h2-11,21H,12H2,1H3,(H,22,25,26). The average Bonchev–Trinajstić information content (AvgIpc) is 2.91. The summed E-state index contributed by atoms with van der Waals surface area (Å²) in [7, 11) is 1.84. The zero-order valence-electron chi connectivity index (χ0n) is 14.1. The number of hydrogen-bond donors (Lipinski definition) is 2. The summed E-state index contributed by atoms with van der Waals surface area (Å²) in [6.07, 6.45) is 1.72. The summed E-state index contributed by atoms with van der Waals surface area (Å²) in [5.41, 5.74) is 2.77. The summed E-state index contributed by atoms with van der Waals surface area (Å²) >= 11 is 0. The van der Waals surface area contributed by atoms with Gasteiger partial charge in [-0.15, -0.1) is 0 Å². The maximum absolute atomic E-state index is 12.9. The van der Waals surface area contributed by atoms with Gasteiger partial charge < -0.3 is 5.32 Å². The van der Waals surface area contributed by atoms with Crippen LogP contribution in [0.4, 0.5) is 22.0 Å². The average molecular weight is 347 g/mol. The van der Waals surface area contributed by atoms with Crippen LogP contribution >= 0.6 is 0 Å². The molecule has 0 saturated heterocycles. The Bertz CT molecular complexity index is 981. The minimum absolute atomic E-state index is 0.307. The van der Waals surface area contributed by atoms with Gasteiger partial charge in [-0.25, -0.2) is 4.79 Å². The Morgan fingerprint density at radius 1 is 1.08 bits per heavy atom. The van der Waals surface area contributed by atoms with E-state index in [9.17, 15) is 9.59 Å². The monoisotopic (exact) mass is 347 g/mol. The van der Waals surface area contributed by atoms with Crippen molar-refractivity contribution in [1.82, 2.24) is 15.1 Å². The molecule has 0 aliphatic carbocycles. The molecular formula is C19H17N5O2. The van der Waals surface area contributed by atoms with E-state index in [-0.39, 0.29) is 0 Å². The van der Waals surface area contributed by atoms with Gasteiger partial charge in [-0.05, 0) is 24.3 Å². The molecule has 4 rings (SSSR count). The number of para-hydroxylation sites is 2. The van der Waals surface area contributed by atoms with Gasteiger partial charge in [0, 0.05) is 18.2 Å². The van der Waals surface area contributed by atoms with Crippen LogP contribution < -0.4 is 15.5 Å². The number of urea groups is 1. The predicted octanol–water partition coefficient (Wildman–Crippen LogP) is 3.03. The Kier molecular flexibility index (Phi) is 3.89. The van der Waals surface area contributed by atoms with Crippen LogP contribution in [0.2, 0.25) is 0 Å². The number of fused-ring (bicyclic) bond motifs is 2. The van der Waals surface area contributed by atoms with Gasteiger partial charge in [0.25, 0.3) is 5.91 Å². The number of benzene rings is 2. The van der Waals surface area contributed by atoms with Gasteiger partial charge >= 0.3 is 6.03 Å². The number of imide groups is 1. The second kappa shape index (κ2) is 6.36. The normalized spacial score (nSPS) is 12.4. The molecule has 0 saturated carbocycles. The van der Waals surface area contributed by atoms with Crippen LogP contribution in [0.15, 0.2) is 60.8 Å². The third-order valence-corrected chi connectivity index (χ3v) is 4.29. The molecule has 2 N–H and O–H groups in total. The molecule has 26 heavy (non-hydrogen) atoms. The molecule has 1 aromatic heterocycles. The lowest BCUT2D eigenvalue weighted by Crippen LogP contribution is -2.42. The Morgan fingerprint density at radius 2 is 1.81 bits per heavy atom. The topological polar surface area (TPSA) is 79.3 Å². The third-order valence-electron chi connectivity index (χ3n) is 4.29. The van der Waals surface area contributed by atoms with E-state index in [4.69, 9.17) is 0 Å². The van der Waals surface area contributed by atoms with Gasteiger partial charge in [0.05, 0.1) is 24.1 Å². The Balaban J connectivity index is 1.66. The fourth-order valence-corrected chi connectivity index (χ4v) is 2.97. The predicted molar refractivity (Wildman–Crippen MR) is 98.4 cm³/mol. The summed E-state index contributed by atoms with van der Waals surface area (Å²) in [6, 6.07) is 15.7. The van der Waals surface area contributed by atoms with Crippen LogP contribution in [-0.2, 0) is 13.6 Å².